The van der Waals surface area contributed by atoms with E-state index in [2.05, 4.69) is 17.2 Å². The first-order valence-corrected chi connectivity index (χ1v) is 11.3. The summed E-state index contributed by atoms with van der Waals surface area (Å²) < 4.78 is 36.7. The van der Waals surface area contributed by atoms with Crippen molar-refractivity contribution in [2.45, 2.75) is 0 Å². The van der Waals surface area contributed by atoms with Crippen molar-refractivity contribution in [2.24, 2.45) is 0 Å². The first-order chi connectivity index (χ1) is 14.8. The summed E-state index contributed by atoms with van der Waals surface area (Å²) in [5, 5.41) is 5.26. The van der Waals surface area contributed by atoms with Gasteiger partial charge >= 0.3 is 0 Å². The molecule has 2 amide bonds. The standard InChI is InChI=1S/C21H23N3O6S/c1-3-10-22-21(26)16-6-4-5-7-17(16)23-20(25)14-24(31(2,27)28)15-8-9-18-19(13-15)30-12-11-29-18/h3-9,13H,1,10-12,14H2,2H3,(H,22,26)(H,23,25). The number of ether oxygens (including phenoxy) is 2. The molecule has 0 fully saturated rings. The molecule has 2 N–H and O–H groups in total. The molecule has 2 aromatic carbocycles. The number of hydrogen-bond donors (Lipinski definition) is 2. The van der Waals surface area contributed by atoms with Crippen molar-refractivity contribution in [2.75, 3.05) is 42.2 Å². The van der Waals surface area contributed by atoms with Gasteiger partial charge in [-0.05, 0) is 24.3 Å². The summed E-state index contributed by atoms with van der Waals surface area (Å²) in [4.78, 5) is 25.0. The fourth-order valence-electron chi connectivity index (χ4n) is 2.96. The van der Waals surface area contributed by atoms with Crippen LogP contribution in [-0.2, 0) is 14.8 Å². The Bertz CT molecular complexity index is 1100. The van der Waals surface area contributed by atoms with Crippen LogP contribution in [0.25, 0.3) is 0 Å². The monoisotopic (exact) mass is 445 g/mol. The summed E-state index contributed by atoms with van der Waals surface area (Å²) in [5.41, 5.74) is 0.784. The van der Waals surface area contributed by atoms with Gasteiger partial charge in [-0.25, -0.2) is 8.42 Å². The number of para-hydroxylation sites is 1. The van der Waals surface area contributed by atoms with Crippen LogP contribution in [0.5, 0.6) is 11.5 Å². The number of nitrogens with zero attached hydrogens (tertiary/aromatic N) is 1. The molecule has 164 valence electrons. The van der Waals surface area contributed by atoms with Crippen LogP contribution in [0, 0.1) is 0 Å². The Morgan fingerprint density at radius 3 is 2.55 bits per heavy atom. The van der Waals surface area contributed by atoms with Crippen molar-refractivity contribution in [1.29, 1.82) is 0 Å². The lowest BCUT2D eigenvalue weighted by molar-refractivity contribution is -0.114. The first kappa shape index (κ1) is 22.2. The highest BCUT2D eigenvalue weighted by molar-refractivity contribution is 7.92. The van der Waals surface area contributed by atoms with Gasteiger partial charge in [0.2, 0.25) is 15.9 Å². The number of rotatable bonds is 8. The van der Waals surface area contributed by atoms with Crippen LogP contribution in [0.4, 0.5) is 11.4 Å². The fraction of sp³-hybridized carbons (Fsp3) is 0.238. The second kappa shape index (κ2) is 9.52. The van der Waals surface area contributed by atoms with Gasteiger partial charge in [-0.15, -0.1) is 6.58 Å². The topological polar surface area (TPSA) is 114 Å². The van der Waals surface area contributed by atoms with Crippen molar-refractivity contribution >= 4 is 33.2 Å². The molecule has 1 aliphatic heterocycles. The number of carbonyl (C=O) groups excluding carboxylic acids is 2. The quantitative estimate of drug-likeness (QED) is 0.599. The lowest BCUT2D eigenvalue weighted by Crippen LogP contribution is -2.38. The smallest absolute Gasteiger partial charge is 0.253 e. The van der Waals surface area contributed by atoms with E-state index in [9.17, 15) is 18.0 Å². The number of sulfonamides is 1. The highest BCUT2D eigenvalue weighted by atomic mass is 32.2. The highest BCUT2D eigenvalue weighted by Gasteiger charge is 2.24. The van der Waals surface area contributed by atoms with Crippen LogP contribution in [0.3, 0.4) is 0 Å². The van der Waals surface area contributed by atoms with E-state index in [1.54, 1.807) is 36.4 Å². The SMILES string of the molecule is C=CCNC(=O)c1ccccc1NC(=O)CN(c1ccc2c(c1)OCCO2)S(C)(=O)=O. The molecule has 0 saturated carbocycles. The van der Waals surface area contributed by atoms with Gasteiger partial charge in [0.25, 0.3) is 5.91 Å². The maximum absolute atomic E-state index is 12.7. The average molecular weight is 445 g/mol. The van der Waals surface area contributed by atoms with E-state index in [1.165, 1.54) is 12.1 Å². The van der Waals surface area contributed by atoms with Crippen LogP contribution < -0.4 is 24.4 Å². The molecule has 1 heterocycles. The Balaban J connectivity index is 1.80. The largest absolute Gasteiger partial charge is 0.486 e. The maximum atomic E-state index is 12.7. The highest BCUT2D eigenvalue weighted by Crippen LogP contribution is 2.34. The summed E-state index contributed by atoms with van der Waals surface area (Å²) in [6, 6.07) is 11.1. The summed E-state index contributed by atoms with van der Waals surface area (Å²) in [5.74, 6) is -0.0821. The van der Waals surface area contributed by atoms with E-state index < -0.39 is 22.5 Å². The van der Waals surface area contributed by atoms with Crippen LogP contribution in [0.15, 0.2) is 55.1 Å². The zero-order valence-electron chi connectivity index (χ0n) is 17.0. The minimum atomic E-state index is -3.78. The normalized spacial score (nSPS) is 12.5. The lowest BCUT2D eigenvalue weighted by atomic mass is 10.1. The van der Waals surface area contributed by atoms with E-state index in [0.717, 1.165) is 10.6 Å². The Labute approximate surface area is 180 Å². The molecular formula is C21H23N3O6S. The van der Waals surface area contributed by atoms with Crippen molar-refractivity contribution in [3.63, 3.8) is 0 Å². The van der Waals surface area contributed by atoms with Gasteiger partial charge in [-0.3, -0.25) is 13.9 Å². The molecule has 3 rings (SSSR count). The van der Waals surface area contributed by atoms with Crippen molar-refractivity contribution in [3.05, 3.63) is 60.7 Å². The first-order valence-electron chi connectivity index (χ1n) is 9.45. The van der Waals surface area contributed by atoms with E-state index >= 15 is 0 Å². The number of fused-ring (bicyclic) bond motifs is 1. The summed E-state index contributed by atoms with van der Waals surface area (Å²) in [7, 11) is -3.78. The van der Waals surface area contributed by atoms with Crippen molar-refractivity contribution in [1.82, 2.24) is 5.32 Å². The van der Waals surface area contributed by atoms with Crippen molar-refractivity contribution < 1.29 is 27.5 Å². The summed E-state index contributed by atoms with van der Waals surface area (Å²) in [6.07, 6.45) is 2.55. The molecule has 1 aliphatic rings. The molecule has 0 radical (unpaired) electrons. The number of hydrogen-bond acceptors (Lipinski definition) is 6. The third-order valence-electron chi connectivity index (χ3n) is 4.35. The van der Waals surface area contributed by atoms with Crippen LogP contribution >= 0.6 is 0 Å². The molecule has 9 nitrogen and oxygen atoms in total. The van der Waals surface area contributed by atoms with E-state index in [-0.39, 0.29) is 29.4 Å². The van der Waals surface area contributed by atoms with Gasteiger partial charge in [-0.2, -0.15) is 0 Å². The average Bonchev–Trinajstić information content (AvgIpc) is 2.75. The Morgan fingerprint density at radius 2 is 1.84 bits per heavy atom. The Kier molecular flexibility index (Phi) is 6.81. The molecule has 0 atom stereocenters. The predicted molar refractivity (Wildman–Crippen MR) is 117 cm³/mol. The maximum Gasteiger partial charge on any atom is 0.253 e. The molecule has 0 saturated heterocycles. The van der Waals surface area contributed by atoms with Gasteiger partial charge in [0.15, 0.2) is 11.5 Å². The molecule has 31 heavy (non-hydrogen) atoms. The molecule has 0 aliphatic carbocycles. The number of amides is 2. The van der Waals surface area contributed by atoms with Gasteiger partial charge in [0.1, 0.15) is 19.8 Å². The second-order valence-corrected chi connectivity index (χ2v) is 8.60. The minimum Gasteiger partial charge on any atom is -0.486 e. The number of carbonyl (C=O) groups is 2. The van der Waals surface area contributed by atoms with Gasteiger partial charge in [0.05, 0.1) is 23.2 Å². The van der Waals surface area contributed by atoms with Gasteiger partial charge < -0.3 is 20.1 Å². The van der Waals surface area contributed by atoms with Gasteiger partial charge in [0, 0.05) is 12.6 Å². The van der Waals surface area contributed by atoms with Crippen LogP contribution in [0.1, 0.15) is 10.4 Å². The molecule has 0 aromatic heterocycles. The molecular weight excluding hydrogens is 422 g/mol. The molecule has 2 aromatic rings. The van der Waals surface area contributed by atoms with Crippen molar-refractivity contribution in [3.8, 4) is 11.5 Å². The summed E-state index contributed by atoms with van der Waals surface area (Å²) >= 11 is 0. The Hall–Kier alpha value is -3.53. The zero-order chi connectivity index (χ0) is 22.4. The van der Waals surface area contributed by atoms with Crippen LogP contribution in [-0.4, -0.2) is 52.8 Å². The number of anilines is 2. The third-order valence-corrected chi connectivity index (χ3v) is 5.49. The lowest BCUT2D eigenvalue weighted by Gasteiger charge is -2.25. The molecule has 0 unspecified atom stereocenters. The Morgan fingerprint density at radius 1 is 1.13 bits per heavy atom. The molecule has 10 heteroatoms. The minimum absolute atomic E-state index is 0.253. The van der Waals surface area contributed by atoms with E-state index in [4.69, 9.17) is 9.47 Å². The summed E-state index contributed by atoms with van der Waals surface area (Å²) in [6.45, 7) is 4.09. The van der Waals surface area contributed by atoms with Crippen LogP contribution in [0.2, 0.25) is 0 Å². The molecule has 0 bridgehead atoms. The second-order valence-electron chi connectivity index (χ2n) is 6.69. The third kappa shape index (κ3) is 5.54. The van der Waals surface area contributed by atoms with E-state index in [0.29, 0.717) is 24.7 Å². The van der Waals surface area contributed by atoms with E-state index in [1.807, 2.05) is 0 Å². The number of nitrogens with one attached hydrogen (secondary N) is 2. The van der Waals surface area contributed by atoms with Gasteiger partial charge in [-0.1, -0.05) is 18.2 Å². The number of benzene rings is 2. The zero-order valence-corrected chi connectivity index (χ0v) is 17.8. The predicted octanol–water partition coefficient (Wildman–Crippen LogP) is 1.78. The molecule has 0 spiro atoms. The fourth-order valence-corrected chi connectivity index (χ4v) is 3.81.